The second-order valence-electron chi connectivity index (χ2n) is 6.31. The summed E-state index contributed by atoms with van der Waals surface area (Å²) >= 11 is 3.58. The SMILES string of the molecule is CCCCCCC(C)Oc1ccc(-c2ccc(C(=O)O)cc2)cc1Br. The van der Waals surface area contributed by atoms with Gasteiger partial charge in [0.25, 0.3) is 0 Å². The van der Waals surface area contributed by atoms with Gasteiger partial charge >= 0.3 is 5.97 Å². The van der Waals surface area contributed by atoms with Crippen LogP contribution in [0, 0.1) is 0 Å². The lowest BCUT2D eigenvalue weighted by Gasteiger charge is -2.16. The number of carboxylic acid groups (broad SMARTS) is 1. The van der Waals surface area contributed by atoms with Crippen molar-refractivity contribution in [1.29, 1.82) is 0 Å². The van der Waals surface area contributed by atoms with Crippen LogP contribution in [0.2, 0.25) is 0 Å². The fourth-order valence-corrected chi connectivity index (χ4v) is 3.19. The molecular formula is C21H25BrO3. The summed E-state index contributed by atoms with van der Waals surface area (Å²) in [5.74, 6) is -0.0710. The number of benzene rings is 2. The van der Waals surface area contributed by atoms with E-state index in [1.165, 1.54) is 25.7 Å². The number of unbranched alkanes of at least 4 members (excludes halogenated alkanes) is 3. The van der Waals surface area contributed by atoms with Gasteiger partial charge in [0.05, 0.1) is 16.1 Å². The minimum Gasteiger partial charge on any atom is -0.490 e. The van der Waals surface area contributed by atoms with Gasteiger partial charge in [-0.25, -0.2) is 4.79 Å². The van der Waals surface area contributed by atoms with E-state index in [2.05, 4.69) is 29.8 Å². The Labute approximate surface area is 158 Å². The summed E-state index contributed by atoms with van der Waals surface area (Å²) in [5, 5.41) is 8.98. The fraction of sp³-hybridized carbons (Fsp3) is 0.381. The van der Waals surface area contributed by atoms with E-state index in [4.69, 9.17) is 9.84 Å². The molecule has 1 unspecified atom stereocenters. The third kappa shape index (κ3) is 5.89. The summed E-state index contributed by atoms with van der Waals surface area (Å²) in [4.78, 5) is 10.9. The van der Waals surface area contributed by atoms with Crippen molar-refractivity contribution in [3.8, 4) is 16.9 Å². The van der Waals surface area contributed by atoms with Gasteiger partial charge in [-0.2, -0.15) is 0 Å². The summed E-state index contributed by atoms with van der Waals surface area (Å²) in [6, 6.07) is 12.9. The number of aromatic carboxylic acids is 1. The zero-order valence-electron chi connectivity index (χ0n) is 14.8. The molecule has 0 aromatic heterocycles. The second kappa shape index (κ2) is 9.62. The van der Waals surface area contributed by atoms with Crippen molar-refractivity contribution >= 4 is 21.9 Å². The molecule has 3 nitrogen and oxygen atoms in total. The molecule has 0 bridgehead atoms. The Balaban J connectivity index is 2.01. The van der Waals surface area contributed by atoms with Crippen molar-refractivity contribution in [3.63, 3.8) is 0 Å². The molecular weight excluding hydrogens is 380 g/mol. The van der Waals surface area contributed by atoms with Crippen molar-refractivity contribution in [2.45, 2.75) is 52.1 Å². The van der Waals surface area contributed by atoms with Crippen LogP contribution < -0.4 is 4.74 Å². The van der Waals surface area contributed by atoms with E-state index in [9.17, 15) is 4.79 Å². The number of hydrogen-bond acceptors (Lipinski definition) is 2. The Kier molecular flexibility index (Phi) is 7.51. The Morgan fingerprint density at radius 1 is 1.08 bits per heavy atom. The Morgan fingerprint density at radius 3 is 2.36 bits per heavy atom. The molecule has 0 aliphatic heterocycles. The first-order chi connectivity index (χ1) is 12.0. The maximum Gasteiger partial charge on any atom is 0.335 e. The third-order valence-corrected chi connectivity index (χ3v) is 4.81. The Hall–Kier alpha value is -1.81. The van der Waals surface area contributed by atoms with E-state index in [1.807, 2.05) is 30.3 Å². The first-order valence-corrected chi connectivity index (χ1v) is 9.60. The molecule has 0 fully saturated rings. The predicted octanol–water partition coefficient (Wildman–Crippen LogP) is 6.55. The first kappa shape index (κ1) is 19.5. The Bertz CT molecular complexity index is 695. The van der Waals surface area contributed by atoms with Crippen LogP contribution in [0.1, 0.15) is 56.3 Å². The molecule has 2 aromatic carbocycles. The first-order valence-electron chi connectivity index (χ1n) is 8.81. The van der Waals surface area contributed by atoms with E-state index < -0.39 is 5.97 Å². The monoisotopic (exact) mass is 404 g/mol. The van der Waals surface area contributed by atoms with Gasteiger partial charge in [-0.05, 0) is 71.1 Å². The molecule has 2 aromatic rings. The van der Waals surface area contributed by atoms with Crippen molar-refractivity contribution < 1.29 is 14.6 Å². The highest BCUT2D eigenvalue weighted by atomic mass is 79.9. The number of carboxylic acids is 1. The zero-order valence-corrected chi connectivity index (χ0v) is 16.4. The van der Waals surface area contributed by atoms with E-state index >= 15 is 0 Å². The molecule has 0 spiro atoms. The molecule has 2 rings (SSSR count). The average Bonchev–Trinajstić information content (AvgIpc) is 2.60. The standard InChI is InChI=1S/C21H25BrO3/c1-3-4-5-6-7-15(2)25-20-13-12-18(14-19(20)22)16-8-10-17(11-9-16)21(23)24/h8-15H,3-7H2,1-2H3,(H,23,24). The van der Waals surface area contributed by atoms with Crippen LogP contribution in [-0.2, 0) is 0 Å². The highest BCUT2D eigenvalue weighted by Crippen LogP contribution is 2.32. The molecule has 0 radical (unpaired) electrons. The van der Waals surface area contributed by atoms with Gasteiger partial charge in [0.2, 0.25) is 0 Å². The lowest BCUT2D eigenvalue weighted by Crippen LogP contribution is -2.11. The molecule has 134 valence electrons. The fourth-order valence-electron chi connectivity index (χ4n) is 2.72. The van der Waals surface area contributed by atoms with Gasteiger partial charge in [0.15, 0.2) is 0 Å². The van der Waals surface area contributed by atoms with Gasteiger partial charge in [-0.1, -0.05) is 44.4 Å². The summed E-state index contributed by atoms with van der Waals surface area (Å²) in [6.07, 6.45) is 6.23. The molecule has 0 aliphatic carbocycles. The highest BCUT2D eigenvalue weighted by molar-refractivity contribution is 9.10. The number of ether oxygens (including phenoxy) is 1. The molecule has 0 saturated heterocycles. The van der Waals surface area contributed by atoms with E-state index in [0.717, 1.165) is 27.8 Å². The molecule has 0 amide bonds. The number of halogens is 1. The van der Waals surface area contributed by atoms with Crippen LogP contribution in [0.5, 0.6) is 5.75 Å². The maximum atomic E-state index is 10.9. The highest BCUT2D eigenvalue weighted by Gasteiger charge is 2.09. The van der Waals surface area contributed by atoms with Gasteiger partial charge in [0, 0.05) is 0 Å². The van der Waals surface area contributed by atoms with Crippen molar-refractivity contribution in [1.82, 2.24) is 0 Å². The van der Waals surface area contributed by atoms with Gasteiger partial charge in [-0.15, -0.1) is 0 Å². The lowest BCUT2D eigenvalue weighted by atomic mass is 10.0. The van der Waals surface area contributed by atoms with Crippen molar-refractivity contribution in [2.75, 3.05) is 0 Å². The van der Waals surface area contributed by atoms with Crippen LogP contribution in [0.25, 0.3) is 11.1 Å². The average molecular weight is 405 g/mol. The number of rotatable bonds is 9. The number of carbonyl (C=O) groups is 1. The van der Waals surface area contributed by atoms with Crippen LogP contribution in [-0.4, -0.2) is 17.2 Å². The topological polar surface area (TPSA) is 46.5 Å². The predicted molar refractivity (Wildman–Crippen MR) is 105 cm³/mol. The molecule has 0 saturated carbocycles. The van der Waals surface area contributed by atoms with Gasteiger partial charge in [0.1, 0.15) is 5.75 Å². The summed E-state index contributed by atoms with van der Waals surface area (Å²) in [5.41, 5.74) is 2.29. The van der Waals surface area contributed by atoms with Gasteiger partial charge in [-0.3, -0.25) is 0 Å². The van der Waals surface area contributed by atoms with Crippen LogP contribution in [0.3, 0.4) is 0 Å². The van der Waals surface area contributed by atoms with E-state index in [0.29, 0.717) is 5.56 Å². The zero-order chi connectivity index (χ0) is 18.2. The largest absolute Gasteiger partial charge is 0.490 e. The van der Waals surface area contributed by atoms with Crippen LogP contribution in [0.4, 0.5) is 0 Å². The smallest absolute Gasteiger partial charge is 0.335 e. The minimum absolute atomic E-state index is 0.189. The molecule has 25 heavy (non-hydrogen) atoms. The molecule has 0 heterocycles. The van der Waals surface area contributed by atoms with Crippen molar-refractivity contribution in [3.05, 3.63) is 52.5 Å². The Morgan fingerprint density at radius 2 is 1.76 bits per heavy atom. The molecule has 1 N–H and O–H groups in total. The van der Waals surface area contributed by atoms with Crippen LogP contribution >= 0.6 is 15.9 Å². The normalized spacial score (nSPS) is 12.0. The van der Waals surface area contributed by atoms with Crippen LogP contribution in [0.15, 0.2) is 46.9 Å². The van der Waals surface area contributed by atoms with Crippen molar-refractivity contribution in [2.24, 2.45) is 0 Å². The van der Waals surface area contributed by atoms with E-state index in [-0.39, 0.29) is 6.10 Å². The minimum atomic E-state index is -0.913. The lowest BCUT2D eigenvalue weighted by molar-refractivity contribution is 0.0697. The third-order valence-electron chi connectivity index (χ3n) is 4.19. The summed E-state index contributed by atoms with van der Waals surface area (Å²) in [6.45, 7) is 4.32. The van der Waals surface area contributed by atoms with E-state index in [1.54, 1.807) is 12.1 Å². The molecule has 0 aliphatic rings. The summed E-state index contributed by atoms with van der Waals surface area (Å²) < 4.78 is 6.95. The molecule has 1 atom stereocenters. The second-order valence-corrected chi connectivity index (χ2v) is 7.16. The quantitative estimate of drug-likeness (QED) is 0.481. The maximum absolute atomic E-state index is 10.9. The summed E-state index contributed by atoms with van der Waals surface area (Å²) in [7, 11) is 0. The number of hydrogen-bond donors (Lipinski definition) is 1. The van der Waals surface area contributed by atoms with Gasteiger partial charge < -0.3 is 9.84 Å². The molecule has 4 heteroatoms.